The molecule has 0 heteroatoms. The predicted molar refractivity (Wildman–Crippen MR) is 64.4 cm³/mol. The van der Waals surface area contributed by atoms with Crippen LogP contribution in [-0.2, 0) is 0 Å². The van der Waals surface area contributed by atoms with Crippen LogP contribution in [0, 0.1) is 22.7 Å². The fourth-order valence-electron chi connectivity index (χ4n) is 4.08. The van der Waals surface area contributed by atoms with Gasteiger partial charge in [-0.1, -0.05) is 41.5 Å². The van der Waals surface area contributed by atoms with Gasteiger partial charge in [0.25, 0.3) is 0 Å². The molecule has 14 heavy (non-hydrogen) atoms. The second-order valence-corrected chi connectivity index (χ2v) is 7.36. The van der Waals surface area contributed by atoms with E-state index in [1.807, 2.05) is 0 Å². The fraction of sp³-hybridized carbons (Fsp3) is 1.00. The van der Waals surface area contributed by atoms with E-state index in [0.717, 1.165) is 11.8 Å². The molecule has 0 aromatic rings. The lowest BCUT2D eigenvalue weighted by molar-refractivity contribution is 0.111. The van der Waals surface area contributed by atoms with Crippen LogP contribution < -0.4 is 0 Å². The van der Waals surface area contributed by atoms with Gasteiger partial charge in [0.15, 0.2) is 0 Å². The normalized spacial score (nSPS) is 37.3. The Hall–Kier alpha value is 0. The Bertz CT molecular complexity index is 150. The van der Waals surface area contributed by atoms with Gasteiger partial charge in [-0.3, -0.25) is 0 Å². The Morgan fingerprint density at radius 2 is 0.857 bits per heavy atom. The van der Waals surface area contributed by atoms with Crippen molar-refractivity contribution in [2.45, 2.75) is 67.2 Å². The summed E-state index contributed by atoms with van der Waals surface area (Å²) in [6, 6.07) is 0. The van der Waals surface area contributed by atoms with E-state index in [4.69, 9.17) is 0 Å². The van der Waals surface area contributed by atoms with Gasteiger partial charge in [0, 0.05) is 0 Å². The third-order valence-corrected chi connectivity index (χ3v) is 3.60. The first-order chi connectivity index (χ1) is 6.20. The highest BCUT2D eigenvalue weighted by Gasteiger charge is 2.32. The van der Waals surface area contributed by atoms with Crippen molar-refractivity contribution in [3.63, 3.8) is 0 Å². The van der Waals surface area contributed by atoms with E-state index in [1.54, 1.807) is 0 Å². The Morgan fingerprint density at radius 1 is 0.643 bits per heavy atom. The lowest BCUT2D eigenvalue weighted by atomic mass is 9.65. The van der Waals surface area contributed by atoms with Crippen molar-refractivity contribution in [2.75, 3.05) is 0 Å². The van der Waals surface area contributed by atoms with Crippen molar-refractivity contribution < 1.29 is 0 Å². The highest BCUT2D eigenvalue weighted by Crippen LogP contribution is 2.44. The molecule has 1 aliphatic carbocycles. The van der Waals surface area contributed by atoms with Gasteiger partial charge in [0.05, 0.1) is 0 Å². The van der Waals surface area contributed by atoms with Crippen LogP contribution in [0.4, 0.5) is 0 Å². The lowest BCUT2D eigenvalue weighted by Gasteiger charge is -2.40. The molecule has 0 spiro atoms. The van der Waals surface area contributed by atoms with Gasteiger partial charge < -0.3 is 0 Å². The minimum Gasteiger partial charge on any atom is -0.0625 e. The molecule has 1 aliphatic rings. The highest BCUT2D eigenvalue weighted by molar-refractivity contribution is 4.84. The molecule has 0 amide bonds. The molecule has 0 atom stereocenters. The third kappa shape index (κ3) is 3.63. The van der Waals surface area contributed by atoms with Crippen LogP contribution in [0.15, 0.2) is 0 Å². The molecule has 0 heterocycles. The topological polar surface area (TPSA) is 0 Å². The Morgan fingerprint density at radius 3 is 1.07 bits per heavy atom. The average molecular weight is 196 g/mol. The molecule has 1 saturated carbocycles. The van der Waals surface area contributed by atoms with Crippen molar-refractivity contribution in [3.8, 4) is 0 Å². The zero-order valence-corrected chi connectivity index (χ0v) is 11.0. The maximum absolute atomic E-state index is 2.44. The largest absolute Gasteiger partial charge is 0.0625 e. The Balaban J connectivity index is 2.71. The van der Waals surface area contributed by atoms with Gasteiger partial charge in [-0.05, 0) is 48.3 Å². The lowest BCUT2D eigenvalue weighted by Crippen LogP contribution is -2.29. The van der Waals surface area contributed by atoms with Crippen LogP contribution in [0.5, 0.6) is 0 Å². The van der Waals surface area contributed by atoms with Gasteiger partial charge in [-0.15, -0.1) is 0 Å². The summed E-state index contributed by atoms with van der Waals surface area (Å²) in [6.45, 7) is 14.6. The van der Waals surface area contributed by atoms with Crippen LogP contribution in [0.25, 0.3) is 0 Å². The average Bonchev–Trinajstić information content (AvgIpc) is 1.74. The van der Waals surface area contributed by atoms with E-state index >= 15 is 0 Å². The molecule has 0 bridgehead atoms. The molecule has 1 fully saturated rings. The minimum absolute atomic E-state index is 0.565. The van der Waals surface area contributed by atoms with E-state index in [-0.39, 0.29) is 0 Å². The van der Waals surface area contributed by atoms with Gasteiger partial charge in [0.2, 0.25) is 0 Å². The standard InChI is InChI=1S/C14H28/c1-11-7-13(3,4)9-12(2)10-14(5,6)8-11/h11-12H,7-10H2,1-6H3. The fourth-order valence-corrected chi connectivity index (χ4v) is 4.08. The van der Waals surface area contributed by atoms with E-state index in [1.165, 1.54) is 25.7 Å². The number of hydrogen-bond acceptors (Lipinski definition) is 0. The van der Waals surface area contributed by atoms with Crippen molar-refractivity contribution in [1.29, 1.82) is 0 Å². The predicted octanol–water partition coefficient (Wildman–Crippen LogP) is 4.89. The molecular weight excluding hydrogens is 168 g/mol. The highest BCUT2D eigenvalue weighted by atomic mass is 14.4. The van der Waals surface area contributed by atoms with Crippen LogP contribution in [0.1, 0.15) is 67.2 Å². The number of rotatable bonds is 0. The summed E-state index contributed by atoms with van der Waals surface area (Å²) >= 11 is 0. The van der Waals surface area contributed by atoms with Crippen LogP contribution in [0.3, 0.4) is 0 Å². The monoisotopic (exact) mass is 196 g/mol. The summed E-state index contributed by atoms with van der Waals surface area (Å²) in [4.78, 5) is 0. The molecule has 0 radical (unpaired) electrons. The summed E-state index contributed by atoms with van der Waals surface area (Å²) in [7, 11) is 0. The Kier molecular flexibility index (Phi) is 3.33. The first-order valence-corrected chi connectivity index (χ1v) is 6.20. The van der Waals surface area contributed by atoms with Gasteiger partial charge in [-0.2, -0.15) is 0 Å². The SMILES string of the molecule is CC1CC(C)(C)CC(C)CC(C)(C)C1. The summed E-state index contributed by atoms with van der Waals surface area (Å²) in [5.41, 5.74) is 1.13. The van der Waals surface area contributed by atoms with Crippen molar-refractivity contribution in [3.05, 3.63) is 0 Å². The van der Waals surface area contributed by atoms with Crippen molar-refractivity contribution in [2.24, 2.45) is 22.7 Å². The smallest absolute Gasteiger partial charge is 0.0349 e. The van der Waals surface area contributed by atoms with E-state index in [2.05, 4.69) is 41.5 Å². The quantitative estimate of drug-likeness (QED) is 0.518. The Labute approximate surface area is 90.5 Å². The molecule has 0 nitrogen and oxygen atoms in total. The molecule has 0 aromatic carbocycles. The van der Waals surface area contributed by atoms with Crippen LogP contribution in [-0.4, -0.2) is 0 Å². The summed E-state index contributed by atoms with van der Waals surface area (Å²) in [6.07, 6.45) is 5.61. The van der Waals surface area contributed by atoms with Crippen LogP contribution in [0.2, 0.25) is 0 Å². The molecule has 0 aromatic heterocycles. The van der Waals surface area contributed by atoms with E-state index in [0.29, 0.717) is 10.8 Å². The van der Waals surface area contributed by atoms with Crippen molar-refractivity contribution in [1.82, 2.24) is 0 Å². The molecule has 1 rings (SSSR count). The van der Waals surface area contributed by atoms with Gasteiger partial charge in [-0.25, -0.2) is 0 Å². The van der Waals surface area contributed by atoms with E-state index < -0.39 is 0 Å². The first kappa shape index (κ1) is 12.1. The number of hydrogen-bond donors (Lipinski definition) is 0. The van der Waals surface area contributed by atoms with E-state index in [9.17, 15) is 0 Å². The minimum atomic E-state index is 0.565. The third-order valence-electron chi connectivity index (χ3n) is 3.60. The molecule has 0 saturated heterocycles. The second-order valence-electron chi connectivity index (χ2n) is 7.36. The van der Waals surface area contributed by atoms with Crippen molar-refractivity contribution >= 4 is 0 Å². The maximum atomic E-state index is 2.44. The van der Waals surface area contributed by atoms with Crippen LogP contribution >= 0.6 is 0 Å². The van der Waals surface area contributed by atoms with Gasteiger partial charge >= 0.3 is 0 Å². The maximum Gasteiger partial charge on any atom is -0.0349 e. The molecule has 84 valence electrons. The summed E-state index contributed by atoms with van der Waals surface area (Å²) < 4.78 is 0. The van der Waals surface area contributed by atoms with Gasteiger partial charge in [0.1, 0.15) is 0 Å². The molecular formula is C14H28. The summed E-state index contributed by atoms with van der Waals surface area (Å²) in [5.74, 6) is 1.79. The molecule has 0 aliphatic heterocycles. The molecule has 0 unspecified atom stereocenters. The zero-order chi connectivity index (χ0) is 11.0. The summed E-state index contributed by atoms with van der Waals surface area (Å²) in [5, 5.41) is 0. The second kappa shape index (κ2) is 3.87. The molecule has 0 N–H and O–H groups in total. The zero-order valence-electron chi connectivity index (χ0n) is 11.0. The first-order valence-electron chi connectivity index (χ1n) is 6.20.